The van der Waals surface area contributed by atoms with Crippen molar-refractivity contribution >= 4 is 16.6 Å². The Hall–Kier alpha value is -3.49. The highest BCUT2D eigenvalue weighted by atomic mass is 15.0. The van der Waals surface area contributed by atoms with Gasteiger partial charge < -0.3 is 10.2 Å². The first kappa shape index (κ1) is 23.2. The van der Waals surface area contributed by atoms with Crippen molar-refractivity contribution in [3.8, 4) is 6.07 Å². The molecule has 2 heterocycles. The van der Waals surface area contributed by atoms with Crippen LogP contribution in [0.15, 0.2) is 67.2 Å². The summed E-state index contributed by atoms with van der Waals surface area (Å²) in [6, 6.07) is 12.5. The summed E-state index contributed by atoms with van der Waals surface area (Å²) in [6.07, 6.45) is 11.1. The fourth-order valence-corrected chi connectivity index (χ4v) is 3.71. The van der Waals surface area contributed by atoms with Crippen molar-refractivity contribution in [2.75, 3.05) is 26.0 Å². The number of aromatic nitrogens is 2. The third-order valence-corrected chi connectivity index (χ3v) is 5.29. The Morgan fingerprint density at radius 1 is 1.19 bits per heavy atom. The average molecular weight is 426 g/mol. The van der Waals surface area contributed by atoms with Gasteiger partial charge in [-0.25, -0.2) is 0 Å². The number of hydrogen-bond donors (Lipinski definition) is 1. The van der Waals surface area contributed by atoms with E-state index in [-0.39, 0.29) is 0 Å². The topological polar surface area (TPSA) is 64.8 Å². The molecule has 0 radical (unpaired) electrons. The largest absolute Gasteiger partial charge is 0.356 e. The number of allylic oxidation sites excluding steroid dienone is 1. The number of nitriles is 1. The first-order chi connectivity index (χ1) is 15.5. The Morgan fingerprint density at radius 2 is 2.03 bits per heavy atom. The van der Waals surface area contributed by atoms with Crippen LogP contribution in [0.1, 0.15) is 35.7 Å². The van der Waals surface area contributed by atoms with Gasteiger partial charge in [-0.3, -0.25) is 9.97 Å². The van der Waals surface area contributed by atoms with Crippen LogP contribution in [0.25, 0.3) is 10.9 Å². The predicted octanol–water partition coefficient (Wildman–Crippen LogP) is 5.28. The van der Waals surface area contributed by atoms with E-state index in [9.17, 15) is 5.26 Å². The Labute approximate surface area is 191 Å². The molecule has 0 spiro atoms. The van der Waals surface area contributed by atoms with Gasteiger partial charge in [-0.15, -0.1) is 0 Å². The predicted molar refractivity (Wildman–Crippen MR) is 133 cm³/mol. The van der Waals surface area contributed by atoms with Crippen LogP contribution in [0.4, 0.5) is 5.69 Å². The van der Waals surface area contributed by atoms with Crippen LogP contribution in [-0.4, -0.2) is 35.5 Å². The summed E-state index contributed by atoms with van der Waals surface area (Å²) >= 11 is 0. The molecule has 0 amide bonds. The molecule has 0 aliphatic heterocycles. The smallest absolute Gasteiger partial charge is 0.101 e. The van der Waals surface area contributed by atoms with Crippen molar-refractivity contribution in [2.24, 2.45) is 0 Å². The number of anilines is 1. The first-order valence-corrected chi connectivity index (χ1v) is 11.0. The highest BCUT2D eigenvalue weighted by Gasteiger charge is 2.13. The van der Waals surface area contributed by atoms with Crippen molar-refractivity contribution < 1.29 is 0 Å². The van der Waals surface area contributed by atoms with Gasteiger partial charge in [0.05, 0.1) is 11.1 Å². The lowest BCUT2D eigenvalue weighted by molar-refractivity contribution is 0.456. The van der Waals surface area contributed by atoms with Crippen molar-refractivity contribution in [1.29, 1.82) is 5.26 Å². The van der Waals surface area contributed by atoms with Gasteiger partial charge in [0.1, 0.15) is 6.07 Å². The van der Waals surface area contributed by atoms with Crippen LogP contribution in [-0.2, 0) is 19.3 Å². The molecule has 0 fully saturated rings. The number of benzene rings is 1. The molecule has 2 aromatic heterocycles. The van der Waals surface area contributed by atoms with E-state index in [0.29, 0.717) is 5.56 Å². The molecule has 1 aromatic carbocycles. The van der Waals surface area contributed by atoms with Crippen molar-refractivity contribution in [3.63, 3.8) is 0 Å². The molecule has 0 saturated carbocycles. The summed E-state index contributed by atoms with van der Waals surface area (Å²) in [5.74, 6) is 0. The standard InChI is InChI=1S/C27H31N5/c1-5-9-21-16-27-25(17-26(21)31-20(2)10-8-15-32(3)4)24(22(18-28)19-30-27)13-12-23-11-6-7-14-29-23/h6-8,10-11,14,16-17,19,31H,2,5,9,12-13,15H2,1,3-4H3/b10-8+. The van der Waals surface area contributed by atoms with E-state index in [1.54, 1.807) is 12.4 Å². The van der Waals surface area contributed by atoms with Crippen LogP contribution in [0.2, 0.25) is 0 Å². The minimum atomic E-state index is 0.618. The maximum absolute atomic E-state index is 9.72. The van der Waals surface area contributed by atoms with E-state index in [2.05, 4.69) is 58.0 Å². The normalized spacial score (nSPS) is 11.2. The van der Waals surface area contributed by atoms with Gasteiger partial charge in [0.25, 0.3) is 0 Å². The summed E-state index contributed by atoms with van der Waals surface area (Å²) in [6.45, 7) is 7.19. The average Bonchev–Trinajstić information content (AvgIpc) is 2.78. The number of hydrogen-bond acceptors (Lipinski definition) is 5. The summed E-state index contributed by atoms with van der Waals surface area (Å²) in [5.41, 5.74) is 6.63. The van der Waals surface area contributed by atoms with Gasteiger partial charge in [-0.1, -0.05) is 32.1 Å². The Morgan fingerprint density at radius 3 is 2.72 bits per heavy atom. The number of aryl methyl sites for hydroxylation is 3. The van der Waals surface area contributed by atoms with Gasteiger partial charge in [0, 0.05) is 41.4 Å². The molecule has 0 aliphatic carbocycles. The van der Waals surface area contributed by atoms with E-state index in [1.807, 2.05) is 38.4 Å². The van der Waals surface area contributed by atoms with E-state index >= 15 is 0 Å². The molecule has 32 heavy (non-hydrogen) atoms. The first-order valence-electron chi connectivity index (χ1n) is 11.0. The van der Waals surface area contributed by atoms with Crippen molar-refractivity contribution in [3.05, 3.63) is 89.5 Å². The van der Waals surface area contributed by atoms with Gasteiger partial charge in [-0.05, 0) is 74.8 Å². The summed E-state index contributed by atoms with van der Waals surface area (Å²) in [4.78, 5) is 11.1. The van der Waals surface area contributed by atoms with E-state index in [4.69, 9.17) is 0 Å². The van der Waals surface area contributed by atoms with Crippen LogP contribution in [0.3, 0.4) is 0 Å². The summed E-state index contributed by atoms with van der Waals surface area (Å²) < 4.78 is 0. The molecule has 0 unspecified atom stereocenters. The number of nitrogens with zero attached hydrogens (tertiary/aromatic N) is 4. The second-order valence-electron chi connectivity index (χ2n) is 8.17. The molecule has 0 saturated heterocycles. The van der Waals surface area contributed by atoms with Gasteiger partial charge in [0.2, 0.25) is 0 Å². The molecule has 0 atom stereocenters. The van der Waals surface area contributed by atoms with Crippen molar-refractivity contribution in [1.82, 2.24) is 14.9 Å². The fourth-order valence-electron chi connectivity index (χ4n) is 3.71. The van der Waals surface area contributed by atoms with E-state index in [1.165, 1.54) is 5.56 Å². The minimum Gasteiger partial charge on any atom is -0.356 e. The number of fused-ring (bicyclic) bond motifs is 1. The molecule has 5 heteroatoms. The molecular weight excluding hydrogens is 394 g/mol. The summed E-state index contributed by atoms with van der Waals surface area (Å²) in [5, 5.41) is 14.2. The van der Waals surface area contributed by atoms with Crippen LogP contribution in [0.5, 0.6) is 0 Å². The van der Waals surface area contributed by atoms with Gasteiger partial charge in [0.15, 0.2) is 0 Å². The lowest BCUT2D eigenvalue weighted by atomic mass is 9.96. The number of pyridine rings is 2. The zero-order valence-electron chi connectivity index (χ0n) is 19.2. The highest BCUT2D eigenvalue weighted by molar-refractivity contribution is 5.89. The second-order valence-corrected chi connectivity index (χ2v) is 8.17. The Balaban J connectivity index is 1.99. The minimum absolute atomic E-state index is 0.618. The third kappa shape index (κ3) is 6.03. The Kier molecular flexibility index (Phi) is 8.13. The molecule has 1 N–H and O–H groups in total. The maximum atomic E-state index is 9.72. The highest BCUT2D eigenvalue weighted by Crippen LogP contribution is 2.30. The number of likely N-dealkylation sites (N-methyl/N-ethyl adjacent to an activating group) is 1. The molecule has 0 aliphatic rings. The van der Waals surface area contributed by atoms with Crippen molar-refractivity contribution in [2.45, 2.75) is 32.6 Å². The molecule has 0 bridgehead atoms. The van der Waals surface area contributed by atoms with Gasteiger partial charge >= 0.3 is 0 Å². The molecule has 3 rings (SSSR count). The lowest BCUT2D eigenvalue weighted by Gasteiger charge is -2.16. The molecular formula is C27H31N5. The fraction of sp³-hybridized carbons (Fsp3) is 0.296. The van der Waals surface area contributed by atoms with E-state index < -0.39 is 0 Å². The van der Waals surface area contributed by atoms with Crippen LogP contribution < -0.4 is 5.32 Å². The SMILES string of the molecule is C=C(/C=C/CN(C)C)Nc1cc2c(CCc3ccccn3)c(C#N)cnc2cc1CCC. The zero-order chi connectivity index (χ0) is 22.9. The van der Waals surface area contributed by atoms with Crippen LogP contribution in [0, 0.1) is 11.3 Å². The number of nitrogens with one attached hydrogen (secondary N) is 1. The third-order valence-electron chi connectivity index (χ3n) is 5.29. The molecule has 5 nitrogen and oxygen atoms in total. The lowest BCUT2D eigenvalue weighted by Crippen LogP contribution is -2.10. The monoisotopic (exact) mass is 425 g/mol. The quantitative estimate of drug-likeness (QED) is 0.448. The maximum Gasteiger partial charge on any atom is 0.101 e. The van der Waals surface area contributed by atoms with E-state index in [0.717, 1.165) is 65.8 Å². The summed E-state index contributed by atoms with van der Waals surface area (Å²) in [7, 11) is 4.07. The molecule has 164 valence electrons. The molecule has 3 aromatic rings. The second kappa shape index (κ2) is 11.2. The zero-order valence-corrected chi connectivity index (χ0v) is 19.2. The number of rotatable bonds is 10. The van der Waals surface area contributed by atoms with Gasteiger partial charge in [-0.2, -0.15) is 5.26 Å². The van der Waals surface area contributed by atoms with Crippen LogP contribution >= 0.6 is 0 Å². The Bertz CT molecular complexity index is 1140.